The Labute approximate surface area is 70.0 Å². The van der Waals surface area contributed by atoms with Crippen molar-refractivity contribution >= 4 is 5.95 Å². The van der Waals surface area contributed by atoms with Gasteiger partial charge in [-0.25, -0.2) is 10.8 Å². The minimum absolute atomic E-state index is 0.127. The number of H-pyrrole nitrogens is 1. The highest BCUT2D eigenvalue weighted by Gasteiger charge is 2.04. The number of nitrogens with two attached hydrogens (primary N) is 1. The van der Waals surface area contributed by atoms with Crippen molar-refractivity contribution in [2.24, 2.45) is 5.84 Å². The first-order valence-electron chi connectivity index (χ1n) is 3.75. The standard InChI is InChI=1S/C7H12N4O/c1-3-5-4(2)9-7(11-8)10-6(5)12/h3,8H2,1-2H3,(H2,9,10,11,12). The second-order valence-electron chi connectivity index (χ2n) is 2.48. The molecule has 0 saturated carbocycles. The van der Waals surface area contributed by atoms with Crippen molar-refractivity contribution < 1.29 is 0 Å². The molecule has 1 rings (SSSR count). The lowest BCUT2D eigenvalue weighted by Gasteiger charge is -2.03. The van der Waals surface area contributed by atoms with Crippen molar-refractivity contribution in [2.45, 2.75) is 20.3 Å². The van der Waals surface area contributed by atoms with E-state index in [9.17, 15) is 4.79 Å². The molecule has 0 aliphatic rings. The third-order valence-corrected chi connectivity index (χ3v) is 1.71. The van der Waals surface area contributed by atoms with Crippen LogP contribution in [0, 0.1) is 6.92 Å². The molecule has 0 fully saturated rings. The predicted octanol–water partition coefficient (Wildman–Crippen LogP) is -0.0737. The van der Waals surface area contributed by atoms with Crippen LogP contribution in [0.25, 0.3) is 0 Å². The normalized spacial score (nSPS) is 9.92. The molecule has 0 saturated heterocycles. The zero-order chi connectivity index (χ0) is 9.14. The SMILES string of the molecule is CCc1c(C)nc(NN)[nH]c1=O. The fourth-order valence-corrected chi connectivity index (χ4v) is 1.10. The van der Waals surface area contributed by atoms with E-state index in [2.05, 4.69) is 15.4 Å². The van der Waals surface area contributed by atoms with Crippen LogP contribution in [0.3, 0.4) is 0 Å². The molecule has 0 atom stereocenters. The van der Waals surface area contributed by atoms with Crippen LogP contribution >= 0.6 is 0 Å². The highest BCUT2D eigenvalue weighted by Crippen LogP contribution is 2.01. The highest BCUT2D eigenvalue weighted by atomic mass is 16.1. The summed E-state index contributed by atoms with van der Waals surface area (Å²) in [6.45, 7) is 3.70. The first-order valence-corrected chi connectivity index (χ1v) is 3.75. The molecular formula is C7H12N4O. The van der Waals surface area contributed by atoms with Crippen LogP contribution in [0.4, 0.5) is 5.95 Å². The Balaban J connectivity index is 3.28. The first kappa shape index (κ1) is 8.73. The lowest BCUT2D eigenvalue weighted by atomic mass is 10.2. The number of hydrogen-bond donors (Lipinski definition) is 3. The van der Waals surface area contributed by atoms with Gasteiger partial charge in [0.25, 0.3) is 5.56 Å². The Bertz CT molecular complexity index is 331. The molecular weight excluding hydrogens is 156 g/mol. The molecule has 0 unspecified atom stereocenters. The summed E-state index contributed by atoms with van der Waals surface area (Å²) in [5.74, 6) is 5.40. The number of anilines is 1. The van der Waals surface area contributed by atoms with Gasteiger partial charge in [-0.2, -0.15) is 0 Å². The van der Waals surface area contributed by atoms with Gasteiger partial charge < -0.3 is 0 Å². The number of rotatable bonds is 2. The van der Waals surface area contributed by atoms with Crippen molar-refractivity contribution in [1.29, 1.82) is 0 Å². The van der Waals surface area contributed by atoms with Gasteiger partial charge in [0.2, 0.25) is 5.95 Å². The van der Waals surface area contributed by atoms with E-state index in [0.717, 1.165) is 0 Å². The third kappa shape index (κ3) is 1.45. The van der Waals surface area contributed by atoms with Gasteiger partial charge in [-0.3, -0.25) is 15.2 Å². The largest absolute Gasteiger partial charge is 0.294 e. The lowest BCUT2D eigenvalue weighted by Crippen LogP contribution is -2.21. The summed E-state index contributed by atoms with van der Waals surface area (Å²) in [4.78, 5) is 17.8. The summed E-state index contributed by atoms with van der Waals surface area (Å²) >= 11 is 0. The number of hydrazine groups is 1. The molecule has 5 nitrogen and oxygen atoms in total. The van der Waals surface area contributed by atoms with E-state index in [0.29, 0.717) is 23.6 Å². The molecule has 0 aliphatic carbocycles. The second kappa shape index (κ2) is 3.36. The summed E-state index contributed by atoms with van der Waals surface area (Å²) in [6, 6.07) is 0. The van der Waals surface area contributed by atoms with Crippen LogP contribution in [-0.4, -0.2) is 9.97 Å². The summed E-state index contributed by atoms with van der Waals surface area (Å²) in [5, 5.41) is 0. The van der Waals surface area contributed by atoms with Crippen molar-refractivity contribution in [3.8, 4) is 0 Å². The number of nitrogens with zero attached hydrogens (tertiary/aromatic N) is 1. The van der Waals surface area contributed by atoms with E-state index in [1.165, 1.54) is 0 Å². The van der Waals surface area contributed by atoms with Gasteiger partial charge in [0.05, 0.1) is 0 Å². The van der Waals surface area contributed by atoms with E-state index in [1.54, 1.807) is 6.92 Å². The van der Waals surface area contributed by atoms with Crippen molar-refractivity contribution in [3.05, 3.63) is 21.6 Å². The average molecular weight is 168 g/mol. The number of hydrogen-bond acceptors (Lipinski definition) is 4. The zero-order valence-electron chi connectivity index (χ0n) is 7.14. The van der Waals surface area contributed by atoms with Gasteiger partial charge in [-0.15, -0.1) is 0 Å². The fourth-order valence-electron chi connectivity index (χ4n) is 1.10. The van der Waals surface area contributed by atoms with Crippen LogP contribution in [0.5, 0.6) is 0 Å². The van der Waals surface area contributed by atoms with Crippen molar-refractivity contribution in [3.63, 3.8) is 0 Å². The van der Waals surface area contributed by atoms with Gasteiger partial charge in [0, 0.05) is 11.3 Å². The molecule has 0 spiro atoms. The molecule has 0 aromatic carbocycles. The van der Waals surface area contributed by atoms with E-state index < -0.39 is 0 Å². The zero-order valence-corrected chi connectivity index (χ0v) is 7.14. The fraction of sp³-hybridized carbons (Fsp3) is 0.429. The quantitative estimate of drug-likeness (QED) is 0.426. The van der Waals surface area contributed by atoms with Crippen LogP contribution in [0.2, 0.25) is 0 Å². The van der Waals surface area contributed by atoms with Crippen molar-refractivity contribution in [1.82, 2.24) is 9.97 Å². The molecule has 66 valence electrons. The van der Waals surface area contributed by atoms with Gasteiger partial charge in [-0.1, -0.05) is 6.92 Å². The topological polar surface area (TPSA) is 83.8 Å². The molecule has 0 radical (unpaired) electrons. The Morgan fingerprint density at radius 2 is 2.33 bits per heavy atom. The highest BCUT2D eigenvalue weighted by molar-refractivity contribution is 5.27. The number of aryl methyl sites for hydroxylation is 1. The Morgan fingerprint density at radius 3 is 2.75 bits per heavy atom. The summed E-state index contributed by atoms with van der Waals surface area (Å²) in [7, 11) is 0. The predicted molar refractivity (Wildman–Crippen MR) is 46.8 cm³/mol. The minimum Gasteiger partial charge on any atom is -0.294 e. The summed E-state index contributed by atoms with van der Waals surface area (Å²) < 4.78 is 0. The average Bonchev–Trinajstić information content (AvgIpc) is 2.03. The van der Waals surface area contributed by atoms with Crippen LogP contribution in [-0.2, 0) is 6.42 Å². The Hall–Kier alpha value is -1.36. The number of nitrogen functional groups attached to an aromatic ring is 1. The molecule has 4 N–H and O–H groups in total. The minimum atomic E-state index is -0.127. The van der Waals surface area contributed by atoms with Crippen LogP contribution < -0.4 is 16.8 Å². The van der Waals surface area contributed by atoms with E-state index >= 15 is 0 Å². The molecule has 1 aromatic heterocycles. The molecule has 5 heteroatoms. The molecule has 12 heavy (non-hydrogen) atoms. The number of aromatic amines is 1. The molecule has 0 bridgehead atoms. The summed E-state index contributed by atoms with van der Waals surface area (Å²) in [5.41, 5.74) is 3.59. The second-order valence-corrected chi connectivity index (χ2v) is 2.48. The summed E-state index contributed by atoms with van der Waals surface area (Å²) in [6.07, 6.45) is 0.680. The molecule has 1 aromatic rings. The maximum atomic E-state index is 11.3. The molecule has 0 aliphatic heterocycles. The van der Waals surface area contributed by atoms with Crippen molar-refractivity contribution in [2.75, 3.05) is 5.43 Å². The monoisotopic (exact) mass is 168 g/mol. The van der Waals surface area contributed by atoms with Crippen LogP contribution in [0.15, 0.2) is 4.79 Å². The third-order valence-electron chi connectivity index (χ3n) is 1.71. The van der Waals surface area contributed by atoms with Gasteiger partial charge in [0.1, 0.15) is 0 Å². The van der Waals surface area contributed by atoms with Gasteiger partial charge in [-0.05, 0) is 13.3 Å². The van der Waals surface area contributed by atoms with E-state index in [4.69, 9.17) is 5.84 Å². The first-order chi connectivity index (χ1) is 5.69. The van der Waals surface area contributed by atoms with Gasteiger partial charge in [0.15, 0.2) is 0 Å². The maximum Gasteiger partial charge on any atom is 0.255 e. The molecule has 0 amide bonds. The smallest absolute Gasteiger partial charge is 0.255 e. The molecule has 1 heterocycles. The number of nitrogens with one attached hydrogen (secondary N) is 2. The van der Waals surface area contributed by atoms with E-state index in [1.807, 2.05) is 6.92 Å². The van der Waals surface area contributed by atoms with Gasteiger partial charge >= 0.3 is 0 Å². The number of aromatic nitrogens is 2. The lowest BCUT2D eigenvalue weighted by molar-refractivity contribution is 0.956. The Morgan fingerprint density at radius 1 is 1.67 bits per heavy atom. The van der Waals surface area contributed by atoms with E-state index in [-0.39, 0.29) is 5.56 Å². The maximum absolute atomic E-state index is 11.3. The van der Waals surface area contributed by atoms with Crippen LogP contribution in [0.1, 0.15) is 18.2 Å². The Kier molecular flexibility index (Phi) is 2.44.